The molecule has 5 heteroatoms. The molecular weight excluding hydrogens is 302 g/mol. The van der Waals surface area contributed by atoms with Crippen molar-refractivity contribution in [3.63, 3.8) is 0 Å². The van der Waals surface area contributed by atoms with Crippen molar-refractivity contribution in [1.82, 2.24) is 0 Å². The number of nitrogens with zero attached hydrogens (tertiary/aromatic N) is 1. The van der Waals surface area contributed by atoms with Crippen LogP contribution in [-0.4, -0.2) is 51.8 Å². The van der Waals surface area contributed by atoms with Crippen LogP contribution in [0.3, 0.4) is 0 Å². The third kappa shape index (κ3) is 4.71. The molecule has 0 radical (unpaired) electrons. The van der Waals surface area contributed by atoms with E-state index in [0.29, 0.717) is 18.4 Å². The predicted molar refractivity (Wildman–Crippen MR) is 96.6 cm³/mol. The van der Waals surface area contributed by atoms with Gasteiger partial charge in [-0.2, -0.15) is 0 Å². The molecule has 2 atom stereocenters. The maximum atomic E-state index is 12.3. The fourth-order valence-corrected chi connectivity index (χ4v) is 4.08. The normalized spacial score (nSPS) is 27.8. The molecule has 2 fully saturated rings. The first kappa shape index (κ1) is 17.2. The zero-order valence-electron chi connectivity index (χ0n) is 14.9. The molecule has 2 N–H and O–H groups in total. The van der Waals surface area contributed by atoms with Crippen LogP contribution < -0.4 is 15.1 Å². The summed E-state index contributed by atoms with van der Waals surface area (Å²) in [5.41, 5.74) is 2.08. The highest BCUT2D eigenvalue weighted by Crippen LogP contribution is 2.19. The number of ether oxygens (including phenoxy) is 1. The highest BCUT2D eigenvalue weighted by molar-refractivity contribution is 5.91. The lowest BCUT2D eigenvalue weighted by atomic mass is 9.92. The van der Waals surface area contributed by atoms with Crippen LogP contribution in [0.25, 0.3) is 0 Å². The Morgan fingerprint density at radius 3 is 2.42 bits per heavy atom. The summed E-state index contributed by atoms with van der Waals surface area (Å²) in [6.45, 7) is 10.8. The van der Waals surface area contributed by atoms with Gasteiger partial charge in [0.1, 0.15) is 0 Å². The van der Waals surface area contributed by atoms with Crippen LogP contribution in [0.5, 0.6) is 0 Å². The summed E-state index contributed by atoms with van der Waals surface area (Å²) in [7, 11) is 0. The maximum absolute atomic E-state index is 12.3. The molecule has 0 saturated carbocycles. The fourth-order valence-electron chi connectivity index (χ4n) is 4.08. The van der Waals surface area contributed by atoms with Crippen LogP contribution >= 0.6 is 0 Å². The molecule has 24 heavy (non-hydrogen) atoms. The Morgan fingerprint density at radius 1 is 1.17 bits per heavy atom. The van der Waals surface area contributed by atoms with E-state index in [1.807, 2.05) is 12.1 Å². The van der Waals surface area contributed by atoms with Crippen LogP contribution in [0.1, 0.15) is 20.3 Å². The standard InChI is InChI=1S/C19H29N3O2/c1-15-11-16(2)13-21(12-15)14-19(23)20-17-3-5-18(6-4-17)22-7-9-24-10-8-22/h3-6,15-16H,7-14H2,1-2H3,(H,20,23)/p+1/t15-,16-/m0/s1. The van der Waals surface area contributed by atoms with Gasteiger partial charge in [0.25, 0.3) is 5.91 Å². The lowest BCUT2D eigenvalue weighted by Gasteiger charge is -2.31. The third-order valence-corrected chi connectivity index (χ3v) is 5.02. The highest BCUT2D eigenvalue weighted by Gasteiger charge is 2.26. The smallest absolute Gasteiger partial charge is 0.279 e. The number of carbonyl (C=O) groups excluding carboxylic acids is 1. The fraction of sp³-hybridized carbons (Fsp3) is 0.632. The molecule has 0 aromatic heterocycles. The van der Waals surface area contributed by atoms with E-state index in [1.54, 1.807) is 0 Å². The van der Waals surface area contributed by atoms with Gasteiger partial charge in [-0.15, -0.1) is 0 Å². The summed E-state index contributed by atoms with van der Waals surface area (Å²) in [6, 6.07) is 8.16. The Labute approximate surface area is 145 Å². The minimum Gasteiger partial charge on any atom is -0.378 e. The molecule has 0 unspecified atom stereocenters. The van der Waals surface area contributed by atoms with Crippen molar-refractivity contribution >= 4 is 17.3 Å². The number of hydrogen-bond donors (Lipinski definition) is 2. The van der Waals surface area contributed by atoms with Gasteiger partial charge in [0.15, 0.2) is 6.54 Å². The zero-order chi connectivity index (χ0) is 16.9. The third-order valence-electron chi connectivity index (χ3n) is 5.02. The SMILES string of the molecule is C[C@H]1C[C@H](C)C[NH+](CC(=O)Nc2ccc(N3CCOCC3)cc2)C1. The second-order valence-electron chi connectivity index (χ2n) is 7.48. The van der Waals surface area contributed by atoms with Gasteiger partial charge in [0, 0.05) is 36.3 Å². The number of likely N-dealkylation sites (tertiary alicyclic amines) is 1. The number of morpholine rings is 1. The van der Waals surface area contributed by atoms with E-state index in [4.69, 9.17) is 4.74 Å². The van der Waals surface area contributed by atoms with E-state index >= 15 is 0 Å². The number of amides is 1. The molecule has 2 aliphatic heterocycles. The average Bonchev–Trinajstić information content (AvgIpc) is 2.55. The number of rotatable bonds is 4. The van der Waals surface area contributed by atoms with Crippen molar-refractivity contribution in [2.45, 2.75) is 20.3 Å². The number of benzene rings is 1. The van der Waals surface area contributed by atoms with Gasteiger partial charge in [-0.1, -0.05) is 13.8 Å². The van der Waals surface area contributed by atoms with Crippen LogP contribution in [0.4, 0.5) is 11.4 Å². The van der Waals surface area contributed by atoms with E-state index in [0.717, 1.165) is 45.1 Å². The van der Waals surface area contributed by atoms with E-state index < -0.39 is 0 Å². The molecule has 2 aliphatic rings. The van der Waals surface area contributed by atoms with Crippen molar-refractivity contribution < 1.29 is 14.4 Å². The Bertz CT molecular complexity index is 530. The Balaban J connectivity index is 1.50. The second kappa shape index (κ2) is 7.99. The maximum Gasteiger partial charge on any atom is 0.279 e. The van der Waals surface area contributed by atoms with Crippen molar-refractivity contribution in [3.05, 3.63) is 24.3 Å². The first-order chi connectivity index (χ1) is 11.6. The largest absolute Gasteiger partial charge is 0.378 e. The number of piperidine rings is 1. The van der Waals surface area contributed by atoms with Gasteiger partial charge in [0.2, 0.25) is 0 Å². The lowest BCUT2D eigenvalue weighted by Crippen LogP contribution is -3.15. The molecule has 3 rings (SSSR count). The quantitative estimate of drug-likeness (QED) is 0.865. The number of quaternary nitrogens is 1. The van der Waals surface area contributed by atoms with Crippen molar-refractivity contribution in [2.24, 2.45) is 11.8 Å². The number of hydrogen-bond acceptors (Lipinski definition) is 3. The molecule has 5 nitrogen and oxygen atoms in total. The molecule has 2 heterocycles. The molecule has 1 amide bonds. The zero-order valence-corrected chi connectivity index (χ0v) is 14.9. The van der Waals surface area contributed by atoms with Crippen molar-refractivity contribution in [2.75, 3.05) is 56.2 Å². The summed E-state index contributed by atoms with van der Waals surface area (Å²) < 4.78 is 5.38. The van der Waals surface area contributed by atoms with Crippen LogP contribution in [0.2, 0.25) is 0 Å². The Hall–Kier alpha value is -1.59. The van der Waals surface area contributed by atoms with Gasteiger partial charge in [-0.25, -0.2) is 0 Å². The first-order valence-corrected chi connectivity index (χ1v) is 9.16. The predicted octanol–water partition coefficient (Wildman–Crippen LogP) is 1.02. The molecule has 0 spiro atoms. The van der Waals surface area contributed by atoms with E-state index in [9.17, 15) is 4.79 Å². The molecule has 2 saturated heterocycles. The van der Waals surface area contributed by atoms with Crippen LogP contribution in [0.15, 0.2) is 24.3 Å². The van der Waals surface area contributed by atoms with Crippen LogP contribution in [-0.2, 0) is 9.53 Å². The van der Waals surface area contributed by atoms with Gasteiger partial charge in [-0.3, -0.25) is 4.79 Å². The molecule has 1 aromatic rings. The highest BCUT2D eigenvalue weighted by atomic mass is 16.5. The monoisotopic (exact) mass is 332 g/mol. The number of nitrogens with one attached hydrogen (secondary N) is 2. The van der Waals surface area contributed by atoms with Crippen molar-refractivity contribution in [1.29, 1.82) is 0 Å². The van der Waals surface area contributed by atoms with Crippen LogP contribution in [0, 0.1) is 11.8 Å². The topological polar surface area (TPSA) is 46.0 Å². The Morgan fingerprint density at radius 2 is 1.79 bits per heavy atom. The molecule has 132 valence electrons. The van der Waals surface area contributed by atoms with Gasteiger partial charge >= 0.3 is 0 Å². The number of anilines is 2. The van der Waals surface area contributed by atoms with Gasteiger partial charge < -0.3 is 19.9 Å². The van der Waals surface area contributed by atoms with E-state index in [1.165, 1.54) is 17.0 Å². The minimum absolute atomic E-state index is 0.116. The number of carbonyl (C=O) groups is 1. The van der Waals surface area contributed by atoms with Gasteiger partial charge in [0.05, 0.1) is 26.3 Å². The van der Waals surface area contributed by atoms with Gasteiger partial charge in [-0.05, 0) is 30.7 Å². The van der Waals surface area contributed by atoms with E-state index in [2.05, 4.69) is 36.2 Å². The van der Waals surface area contributed by atoms with Crippen molar-refractivity contribution in [3.8, 4) is 0 Å². The summed E-state index contributed by atoms with van der Waals surface area (Å²) in [5.74, 6) is 1.54. The first-order valence-electron chi connectivity index (χ1n) is 9.16. The Kier molecular flexibility index (Phi) is 5.74. The molecular formula is C19H30N3O2+. The molecule has 0 bridgehead atoms. The summed E-state index contributed by atoms with van der Waals surface area (Å²) >= 11 is 0. The second-order valence-corrected chi connectivity index (χ2v) is 7.48. The molecule has 1 aromatic carbocycles. The summed E-state index contributed by atoms with van der Waals surface area (Å²) in [5, 5.41) is 3.05. The summed E-state index contributed by atoms with van der Waals surface area (Å²) in [4.78, 5) is 16.0. The van der Waals surface area contributed by atoms with E-state index in [-0.39, 0.29) is 5.91 Å². The summed E-state index contributed by atoms with van der Waals surface area (Å²) in [6.07, 6.45) is 1.29. The lowest BCUT2D eigenvalue weighted by molar-refractivity contribution is -0.904. The minimum atomic E-state index is 0.116. The average molecular weight is 332 g/mol. The molecule has 0 aliphatic carbocycles.